The van der Waals surface area contributed by atoms with Crippen LogP contribution in [-0.4, -0.2) is 9.97 Å². The minimum atomic E-state index is 0.533. The Morgan fingerprint density at radius 2 is 1.93 bits per heavy atom. The second-order valence-electron chi connectivity index (χ2n) is 3.29. The van der Waals surface area contributed by atoms with E-state index in [1.54, 1.807) is 12.4 Å². The Bertz CT molecular complexity index is 615. The van der Waals surface area contributed by atoms with E-state index in [1.165, 1.54) is 0 Å². The first-order chi connectivity index (χ1) is 7.27. The lowest BCUT2D eigenvalue weighted by Gasteiger charge is -2.01. The summed E-state index contributed by atoms with van der Waals surface area (Å²) in [6, 6.07) is 1.97. The first-order valence-corrected chi connectivity index (χ1v) is 4.90. The topological polar surface area (TPSA) is 51.8 Å². The maximum atomic E-state index is 5.80. The highest BCUT2D eigenvalue weighted by Crippen LogP contribution is 2.11. The zero-order valence-electron chi connectivity index (χ0n) is 8.86. The third-order valence-corrected chi connectivity index (χ3v) is 2.48. The number of nitrogens with zero attached hydrogens (tertiary/aromatic N) is 2. The van der Waals surface area contributed by atoms with E-state index in [9.17, 15) is 0 Å². The Labute approximate surface area is 88.0 Å². The molecule has 0 aliphatic carbocycles. The molecular weight excluding hydrogens is 186 g/mol. The fraction of sp³-hybridized carbons (Fsp3) is 0.167. The normalized spacial score (nSPS) is 13.7. The summed E-state index contributed by atoms with van der Waals surface area (Å²) in [6.07, 6.45) is 7.54. The highest BCUT2D eigenvalue weighted by atomic mass is 14.8. The van der Waals surface area contributed by atoms with Crippen LogP contribution in [0.3, 0.4) is 0 Å². The zero-order valence-corrected chi connectivity index (χ0v) is 8.86. The molecule has 0 saturated heterocycles. The first kappa shape index (κ1) is 9.65. The number of hydrogen-bond donors (Lipinski definition) is 1. The number of rotatable bonds is 0. The van der Waals surface area contributed by atoms with Crippen molar-refractivity contribution in [2.45, 2.75) is 13.8 Å². The minimum absolute atomic E-state index is 0.533. The van der Waals surface area contributed by atoms with E-state index in [4.69, 9.17) is 5.73 Å². The Hall–Kier alpha value is -1.90. The molecule has 15 heavy (non-hydrogen) atoms. The number of nitrogen functional groups attached to an aromatic ring is 1. The van der Waals surface area contributed by atoms with Crippen molar-refractivity contribution in [3.8, 4) is 0 Å². The van der Waals surface area contributed by atoms with Crippen LogP contribution in [0, 0.1) is 0 Å². The quantitative estimate of drug-likeness (QED) is 0.683. The van der Waals surface area contributed by atoms with Gasteiger partial charge >= 0.3 is 0 Å². The number of aromatic nitrogens is 2. The van der Waals surface area contributed by atoms with Crippen LogP contribution in [0.1, 0.15) is 13.8 Å². The molecule has 2 aromatic heterocycles. The van der Waals surface area contributed by atoms with Gasteiger partial charge in [-0.05, 0) is 25.3 Å². The molecule has 0 fully saturated rings. The highest BCUT2D eigenvalue weighted by molar-refractivity contribution is 5.90. The van der Waals surface area contributed by atoms with Crippen LogP contribution in [-0.2, 0) is 0 Å². The molecule has 2 heterocycles. The van der Waals surface area contributed by atoms with Crippen molar-refractivity contribution in [2.75, 3.05) is 5.73 Å². The summed E-state index contributed by atoms with van der Waals surface area (Å²) in [5, 5.41) is 4.11. The van der Waals surface area contributed by atoms with Crippen molar-refractivity contribution in [2.24, 2.45) is 0 Å². The Kier molecular flexibility index (Phi) is 2.37. The maximum Gasteiger partial charge on any atom is 0.132 e. The van der Waals surface area contributed by atoms with Gasteiger partial charge < -0.3 is 5.73 Å². The molecule has 0 aliphatic rings. The standard InChI is InChI=1S/C12H13N3/c1-3-8-9-5-6-14-12(13)10(9)7-15-11(8)4-2/h3-7H,1-2H3,(H2,13,14)/b8-3-,11-4+. The van der Waals surface area contributed by atoms with E-state index in [0.717, 1.165) is 21.3 Å². The van der Waals surface area contributed by atoms with Crippen LogP contribution < -0.4 is 16.3 Å². The Balaban J connectivity index is 3.10. The predicted molar refractivity (Wildman–Crippen MR) is 63.5 cm³/mol. The van der Waals surface area contributed by atoms with Crippen molar-refractivity contribution in [3.63, 3.8) is 0 Å². The lowest BCUT2D eigenvalue weighted by molar-refractivity contribution is 1.24. The van der Waals surface area contributed by atoms with Gasteiger partial charge in [-0.2, -0.15) is 0 Å². The van der Waals surface area contributed by atoms with E-state index in [0.29, 0.717) is 5.82 Å². The van der Waals surface area contributed by atoms with Gasteiger partial charge in [0, 0.05) is 23.0 Å². The van der Waals surface area contributed by atoms with E-state index >= 15 is 0 Å². The summed E-state index contributed by atoms with van der Waals surface area (Å²) >= 11 is 0. The molecular formula is C12H13N3. The molecule has 3 nitrogen and oxygen atoms in total. The Morgan fingerprint density at radius 1 is 1.13 bits per heavy atom. The number of nitrogens with two attached hydrogens (primary N) is 1. The van der Waals surface area contributed by atoms with Gasteiger partial charge in [-0.3, -0.25) is 4.98 Å². The molecule has 0 aliphatic heterocycles. The summed E-state index contributed by atoms with van der Waals surface area (Å²) in [7, 11) is 0. The van der Waals surface area contributed by atoms with Crippen LogP contribution in [0.4, 0.5) is 5.82 Å². The summed E-state index contributed by atoms with van der Waals surface area (Å²) < 4.78 is 0. The molecule has 0 amide bonds. The van der Waals surface area contributed by atoms with E-state index in [-0.39, 0.29) is 0 Å². The molecule has 0 radical (unpaired) electrons. The molecule has 0 aromatic carbocycles. The fourth-order valence-corrected chi connectivity index (χ4v) is 1.73. The van der Waals surface area contributed by atoms with E-state index < -0.39 is 0 Å². The van der Waals surface area contributed by atoms with Crippen LogP contribution >= 0.6 is 0 Å². The van der Waals surface area contributed by atoms with Crippen molar-refractivity contribution in [1.82, 2.24) is 9.97 Å². The second kappa shape index (κ2) is 3.69. The number of anilines is 1. The van der Waals surface area contributed by atoms with Crippen LogP contribution in [0.2, 0.25) is 0 Å². The summed E-state index contributed by atoms with van der Waals surface area (Å²) in [5.74, 6) is 0.533. The fourth-order valence-electron chi connectivity index (χ4n) is 1.73. The van der Waals surface area contributed by atoms with Gasteiger partial charge in [0.2, 0.25) is 0 Å². The first-order valence-electron chi connectivity index (χ1n) is 4.90. The van der Waals surface area contributed by atoms with Gasteiger partial charge in [0.1, 0.15) is 5.82 Å². The molecule has 2 N–H and O–H groups in total. The average molecular weight is 199 g/mol. The molecule has 2 rings (SSSR count). The van der Waals surface area contributed by atoms with Crippen molar-refractivity contribution in [1.29, 1.82) is 0 Å². The van der Waals surface area contributed by atoms with Crippen LogP contribution in [0.5, 0.6) is 0 Å². The smallest absolute Gasteiger partial charge is 0.132 e. The largest absolute Gasteiger partial charge is 0.383 e. The summed E-state index contributed by atoms with van der Waals surface area (Å²) in [5.41, 5.74) is 5.80. The third kappa shape index (κ3) is 1.46. The van der Waals surface area contributed by atoms with Gasteiger partial charge in [-0.15, -0.1) is 0 Å². The van der Waals surface area contributed by atoms with Crippen molar-refractivity contribution in [3.05, 3.63) is 29.0 Å². The molecule has 0 unspecified atom stereocenters. The van der Waals surface area contributed by atoms with E-state index in [2.05, 4.69) is 9.97 Å². The molecule has 3 heteroatoms. The van der Waals surface area contributed by atoms with Gasteiger partial charge in [0.05, 0.1) is 5.35 Å². The van der Waals surface area contributed by atoms with Crippen molar-refractivity contribution < 1.29 is 0 Å². The van der Waals surface area contributed by atoms with Crippen LogP contribution in [0.25, 0.3) is 22.9 Å². The molecule has 0 saturated carbocycles. The second-order valence-corrected chi connectivity index (χ2v) is 3.29. The Morgan fingerprint density at radius 3 is 2.60 bits per heavy atom. The highest BCUT2D eigenvalue weighted by Gasteiger charge is 2.00. The van der Waals surface area contributed by atoms with Crippen molar-refractivity contribution >= 4 is 28.7 Å². The SMILES string of the molecule is C/C=c1\c(=C/C)ncc2c(N)nccc12. The van der Waals surface area contributed by atoms with Gasteiger partial charge in [0.15, 0.2) is 0 Å². The lowest BCUT2D eigenvalue weighted by Crippen LogP contribution is -2.28. The monoisotopic (exact) mass is 199 g/mol. The lowest BCUT2D eigenvalue weighted by atomic mass is 10.1. The number of hydrogen-bond acceptors (Lipinski definition) is 3. The molecule has 2 aromatic rings. The molecule has 0 bridgehead atoms. The summed E-state index contributed by atoms with van der Waals surface area (Å²) in [6.45, 7) is 3.98. The third-order valence-electron chi connectivity index (χ3n) is 2.48. The summed E-state index contributed by atoms with van der Waals surface area (Å²) in [4.78, 5) is 8.40. The molecule has 76 valence electrons. The predicted octanol–water partition coefficient (Wildman–Crippen LogP) is 0.813. The van der Waals surface area contributed by atoms with Gasteiger partial charge in [-0.1, -0.05) is 12.2 Å². The van der Waals surface area contributed by atoms with Gasteiger partial charge in [0.25, 0.3) is 0 Å². The molecule has 0 spiro atoms. The maximum absolute atomic E-state index is 5.80. The number of pyridine rings is 2. The molecule has 0 atom stereocenters. The van der Waals surface area contributed by atoms with Crippen LogP contribution in [0.15, 0.2) is 18.5 Å². The number of fused-ring (bicyclic) bond motifs is 1. The average Bonchev–Trinajstić information content (AvgIpc) is 2.28. The minimum Gasteiger partial charge on any atom is -0.383 e. The zero-order chi connectivity index (χ0) is 10.8. The van der Waals surface area contributed by atoms with E-state index in [1.807, 2.05) is 32.1 Å². The van der Waals surface area contributed by atoms with Gasteiger partial charge in [-0.25, -0.2) is 4.98 Å².